The number of fused-ring (bicyclic) bond motifs is 1. The number of guanidine groups is 1. The minimum Gasteiger partial charge on any atom is -0.340 e. The van der Waals surface area contributed by atoms with Gasteiger partial charge in [0.2, 0.25) is 11.9 Å². The zero-order valence-corrected chi connectivity index (χ0v) is 15.0. The highest BCUT2D eigenvalue weighted by atomic mass is 16.1. The normalized spacial score (nSPS) is 26.8. The molecule has 0 aromatic carbocycles. The maximum Gasteiger partial charge on any atom is 0.256 e. The topological polar surface area (TPSA) is 65.8 Å². The first kappa shape index (κ1) is 16.3. The molecule has 1 aliphatic carbocycles. The van der Waals surface area contributed by atoms with E-state index in [4.69, 9.17) is 4.99 Å². The number of aliphatic imine (C=N–C) groups is 1. The molecule has 2 atom stereocenters. The summed E-state index contributed by atoms with van der Waals surface area (Å²) in [7, 11) is 2.14. The molecule has 0 bridgehead atoms. The summed E-state index contributed by atoms with van der Waals surface area (Å²) < 4.78 is 1.75. The highest BCUT2D eigenvalue weighted by Crippen LogP contribution is 2.33. The molecule has 1 aromatic rings. The molecule has 134 valence electrons. The summed E-state index contributed by atoms with van der Waals surface area (Å²) in [6.07, 6.45) is 7.34. The van der Waals surface area contributed by atoms with E-state index in [1.807, 2.05) is 6.92 Å². The Balaban J connectivity index is 1.71. The number of rotatable bonds is 1. The molecule has 1 fully saturated rings. The van der Waals surface area contributed by atoms with Crippen molar-refractivity contribution in [3.8, 4) is 0 Å². The molecule has 7 heteroatoms. The molecule has 0 unspecified atom stereocenters. The van der Waals surface area contributed by atoms with E-state index >= 15 is 0 Å². The Kier molecular flexibility index (Phi) is 4.33. The molecule has 3 heterocycles. The molecular weight excluding hydrogens is 316 g/mol. The molecule has 0 saturated carbocycles. The van der Waals surface area contributed by atoms with Crippen molar-refractivity contribution in [3.63, 3.8) is 0 Å². The lowest BCUT2D eigenvalue weighted by Crippen LogP contribution is -2.51. The van der Waals surface area contributed by atoms with Crippen LogP contribution in [-0.2, 0) is 0 Å². The number of piperazine rings is 1. The van der Waals surface area contributed by atoms with Crippen molar-refractivity contribution >= 4 is 11.9 Å². The van der Waals surface area contributed by atoms with E-state index in [9.17, 15) is 4.79 Å². The van der Waals surface area contributed by atoms with E-state index in [2.05, 4.69) is 39.3 Å². The SMILES string of the molecule is Cc1cc(=O)n2c(n1)NC(N1CCN(C)CC1)=N[C@@H]2[C@H]1CC=CCC1. The molecule has 25 heavy (non-hydrogen) atoms. The Morgan fingerprint density at radius 3 is 2.72 bits per heavy atom. The van der Waals surface area contributed by atoms with Crippen molar-refractivity contribution in [1.29, 1.82) is 0 Å². The average molecular weight is 342 g/mol. The van der Waals surface area contributed by atoms with Crippen LogP contribution < -0.4 is 10.9 Å². The van der Waals surface area contributed by atoms with Gasteiger partial charge >= 0.3 is 0 Å². The highest BCUT2D eigenvalue weighted by Gasteiger charge is 2.32. The molecule has 0 radical (unpaired) electrons. The number of nitrogens with one attached hydrogen (secondary N) is 1. The van der Waals surface area contributed by atoms with E-state index in [0.717, 1.165) is 57.1 Å². The minimum absolute atomic E-state index is 0.0178. The van der Waals surface area contributed by atoms with Crippen LogP contribution in [-0.4, -0.2) is 58.5 Å². The molecule has 0 amide bonds. The molecular formula is C18H26N6O. The average Bonchev–Trinajstić information content (AvgIpc) is 2.62. The van der Waals surface area contributed by atoms with Crippen molar-refractivity contribution < 1.29 is 0 Å². The van der Waals surface area contributed by atoms with Gasteiger partial charge in [-0.05, 0) is 33.2 Å². The van der Waals surface area contributed by atoms with Crippen molar-refractivity contribution in [2.45, 2.75) is 32.4 Å². The highest BCUT2D eigenvalue weighted by molar-refractivity contribution is 5.93. The predicted molar refractivity (Wildman–Crippen MR) is 98.9 cm³/mol. The fourth-order valence-electron chi connectivity index (χ4n) is 3.85. The Labute approximate surface area is 148 Å². The second kappa shape index (κ2) is 6.63. The summed E-state index contributed by atoms with van der Waals surface area (Å²) in [6, 6.07) is 1.60. The van der Waals surface area contributed by atoms with Crippen LogP contribution in [0, 0.1) is 12.8 Å². The summed E-state index contributed by atoms with van der Waals surface area (Å²) in [4.78, 5) is 26.8. The third-order valence-corrected chi connectivity index (χ3v) is 5.36. The van der Waals surface area contributed by atoms with E-state index < -0.39 is 0 Å². The standard InChI is InChI=1S/C18H26N6O/c1-13-12-15(25)24-16(14-6-4-3-5-7-14)20-17(21-18(24)19-13)23-10-8-22(2)9-11-23/h3-4,12,14,16H,5-11H2,1-2H3,(H,19,20,21)/t14-,16-/m0/s1. The lowest BCUT2D eigenvalue weighted by Gasteiger charge is -2.38. The Hall–Kier alpha value is -2.15. The van der Waals surface area contributed by atoms with Gasteiger partial charge in [-0.25, -0.2) is 9.98 Å². The van der Waals surface area contributed by atoms with E-state index in [1.54, 1.807) is 10.6 Å². The Bertz CT molecular complexity index is 759. The van der Waals surface area contributed by atoms with Gasteiger partial charge in [-0.3, -0.25) is 14.7 Å². The van der Waals surface area contributed by atoms with Crippen LogP contribution >= 0.6 is 0 Å². The van der Waals surface area contributed by atoms with Gasteiger partial charge < -0.3 is 9.80 Å². The second-order valence-electron chi connectivity index (χ2n) is 7.26. The van der Waals surface area contributed by atoms with Crippen LogP contribution in [0.2, 0.25) is 0 Å². The quantitative estimate of drug-likeness (QED) is 0.782. The van der Waals surface area contributed by atoms with Crippen molar-refractivity contribution in [2.75, 3.05) is 38.5 Å². The van der Waals surface area contributed by atoms with Crippen LogP contribution in [0.3, 0.4) is 0 Å². The fraction of sp³-hybridized carbons (Fsp3) is 0.611. The molecule has 1 aromatic heterocycles. The number of hydrogen-bond acceptors (Lipinski definition) is 6. The second-order valence-corrected chi connectivity index (χ2v) is 7.26. The van der Waals surface area contributed by atoms with Crippen molar-refractivity contribution in [2.24, 2.45) is 10.9 Å². The van der Waals surface area contributed by atoms with Gasteiger partial charge in [0.15, 0.2) is 0 Å². The molecule has 3 aliphatic rings. The molecule has 7 nitrogen and oxygen atoms in total. The predicted octanol–water partition coefficient (Wildman–Crippen LogP) is 1.44. The fourth-order valence-corrected chi connectivity index (χ4v) is 3.85. The van der Waals surface area contributed by atoms with E-state index in [-0.39, 0.29) is 11.7 Å². The minimum atomic E-state index is -0.170. The number of aryl methyl sites for hydroxylation is 1. The third kappa shape index (κ3) is 3.20. The van der Waals surface area contributed by atoms with Gasteiger partial charge in [0, 0.05) is 43.9 Å². The Morgan fingerprint density at radius 2 is 2.00 bits per heavy atom. The summed E-state index contributed by atoms with van der Waals surface area (Å²) in [5.41, 5.74) is 0.724. The number of nitrogens with zero attached hydrogens (tertiary/aromatic N) is 5. The van der Waals surface area contributed by atoms with Gasteiger partial charge in [-0.2, -0.15) is 0 Å². The van der Waals surface area contributed by atoms with E-state index in [1.165, 1.54) is 0 Å². The van der Waals surface area contributed by atoms with Crippen molar-refractivity contribution in [3.05, 3.63) is 34.3 Å². The van der Waals surface area contributed by atoms with Crippen LogP contribution in [0.4, 0.5) is 5.95 Å². The first-order valence-corrected chi connectivity index (χ1v) is 9.15. The molecule has 1 saturated heterocycles. The number of anilines is 1. The molecule has 1 N–H and O–H groups in total. The maximum atomic E-state index is 12.6. The first-order chi connectivity index (χ1) is 12.1. The summed E-state index contributed by atoms with van der Waals surface area (Å²) in [5, 5.41) is 3.32. The zero-order chi connectivity index (χ0) is 17.4. The summed E-state index contributed by atoms with van der Waals surface area (Å²) in [6.45, 7) is 5.78. The number of allylic oxidation sites excluding steroid dienone is 2. The molecule has 2 aliphatic heterocycles. The lowest BCUT2D eigenvalue weighted by molar-refractivity contribution is 0.210. The Morgan fingerprint density at radius 1 is 1.20 bits per heavy atom. The van der Waals surface area contributed by atoms with Crippen LogP contribution in [0.25, 0.3) is 0 Å². The molecule has 0 spiro atoms. The van der Waals surface area contributed by atoms with Gasteiger partial charge in [0.05, 0.1) is 0 Å². The van der Waals surface area contributed by atoms with Gasteiger partial charge in [0.1, 0.15) is 6.17 Å². The number of aromatic nitrogens is 2. The number of hydrogen-bond donors (Lipinski definition) is 1. The maximum absolute atomic E-state index is 12.6. The zero-order valence-electron chi connectivity index (χ0n) is 15.0. The lowest BCUT2D eigenvalue weighted by atomic mass is 9.91. The molecule has 4 rings (SSSR count). The number of likely N-dealkylation sites (N-methyl/N-ethyl adjacent to an activating group) is 1. The van der Waals surface area contributed by atoms with Crippen LogP contribution in [0.15, 0.2) is 28.0 Å². The van der Waals surface area contributed by atoms with Crippen molar-refractivity contribution in [1.82, 2.24) is 19.4 Å². The first-order valence-electron chi connectivity index (χ1n) is 9.15. The van der Waals surface area contributed by atoms with Gasteiger partial charge in [0.25, 0.3) is 5.56 Å². The van der Waals surface area contributed by atoms with Gasteiger partial charge in [-0.1, -0.05) is 12.2 Å². The monoisotopic (exact) mass is 342 g/mol. The van der Waals surface area contributed by atoms with E-state index in [0.29, 0.717) is 11.9 Å². The largest absolute Gasteiger partial charge is 0.340 e. The van der Waals surface area contributed by atoms with Crippen LogP contribution in [0.5, 0.6) is 0 Å². The smallest absolute Gasteiger partial charge is 0.256 e. The summed E-state index contributed by atoms with van der Waals surface area (Å²) in [5.74, 6) is 1.84. The van der Waals surface area contributed by atoms with Gasteiger partial charge in [-0.15, -0.1) is 0 Å². The third-order valence-electron chi connectivity index (χ3n) is 5.36. The van der Waals surface area contributed by atoms with Crippen LogP contribution in [0.1, 0.15) is 31.1 Å². The summed E-state index contributed by atoms with van der Waals surface area (Å²) >= 11 is 0.